The minimum atomic E-state index is -0.981. The van der Waals surface area contributed by atoms with Gasteiger partial charge in [-0.05, 0) is 11.6 Å². The molecule has 1 aromatic heterocycles. The lowest BCUT2D eigenvalue weighted by atomic mass is 10.1. The van der Waals surface area contributed by atoms with E-state index in [0.717, 1.165) is 56.4 Å². The molecule has 0 aliphatic carbocycles. The average Bonchev–Trinajstić information content (AvgIpc) is 3.12. The molecule has 1 aromatic carbocycles. The van der Waals surface area contributed by atoms with Crippen LogP contribution in [-0.4, -0.2) is 72.3 Å². The SMILES string of the molecule is COCCN1CCN(Cc2cccc(-c3nc(C(=O)O)cs3)c2)CC1. The highest BCUT2D eigenvalue weighted by atomic mass is 32.1. The molecule has 25 heavy (non-hydrogen) atoms. The second-order valence-corrected chi connectivity index (χ2v) is 7.01. The molecule has 6 nitrogen and oxygen atoms in total. The van der Waals surface area contributed by atoms with Crippen molar-refractivity contribution in [2.75, 3.05) is 46.4 Å². The molecule has 0 saturated carbocycles. The van der Waals surface area contributed by atoms with Crippen LogP contribution in [-0.2, 0) is 11.3 Å². The smallest absolute Gasteiger partial charge is 0.355 e. The van der Waals surface area contributed by atoms with E-state index in [9.17, 15) is 4.79 Å². The van der Waals surface area contributed by atoms with Gasteiger partial charge in [0.05, 0.1) is 6.61 Å². The molecule has 0 bridgehead atoms. The molecule has 1 N–H and O–H groups in total. The summed E-state index contributed by atoms with van der Waals surface area (Å²) in [5, 5.41) is 11.4. The Morgan fingerprint density at radius 3 is 2.72 bits per heavy atom. The number of aromatic nitrogens is 1. The van der Waals surface area contributed by atoms with Crippen molar-refractivity contribution in [3.8, 4) is 10.6 Å². The predicted molar refractivity (Wildman–Crippen MR) is 98.1 cm³/mol. The molecule has 7 heteroatoms. The van der Waals surface area contributed by atoms with Gasteiger partial charge in [0.2, 0.25) is 0 Å². The summed E-state index contributed by atoms with van der Waals surface area (Å²) in [5.41, 5.74) is 2.32. The van der Waals surface area contributed by atoms with E-state index in [0.29, 0.717) is 0 Å². The minimum Gasteiger partial charge on any atom is -0.476 e. The summed E-state index contributed by atoms with van der Waals surface area (Å²) in [6.45, 7) is 6.92. The average molecular weight is 361 g/mol. The van der Waals surface area contributed by atoms with Gasteiger partial charge in [0.15, 0.2) is 5.69 Å². The van der Waals surface area contributed by atoms with E-state index in [1.807, 2.05) is 12.1 Å². The fourth-order valence-electron chi connectivity index (χ4n) is 2.96. The molecule has 1 fully saturated rings. The van der Waals surface area contributed by atoms with E-state index in [4.69, 9.17) is 9.84 Å². The second kappa shape index (κ2) is 8.53. The van der Waals surface area contributed by atoms with Crippen LogP contribution in [0.1, 0.15) is 16.1 Å². The first-order valence-electron chi connectivity index (χ1n) is 8.37. The van der Waals surface area contributed by atoms with Gasteiger partial charge in [-0.2, -0.15) is 0 Å². The van der Waals surface area contributed by atoms with Crippen molar-refractivity contribution < 1.29 is 14.6 Å². The third-order valence-corrected chi connectivity index (χ3v) is 5.27. The summed E-state index contributed by atoms with van der Waals surface area (Å²) in [6, 6.07) is 8.23. The first-order chi connectivity index (χ1) is 12.2. The molecule has 134 valence electrons. The highest BCUT2D eigenvalue weighted by molar-refractivity contribution is 7.13. The molecule has 0 radical (unpaired) electrons. The van der Waals surface area contributed by atoms with Gasteiger partial charge in [-0.3, -0.25) is 9.80 Å². The van der Waals surface area contributed by atoms with E-state index >= 15 is 0 Å². The summed E-state index contributed by atoms with van der Waals surface area (Å²) < 4.78 is 5.14. The van der Waals surface area contributed by atoms with E-state index in [1.54, 1.807) is 12.5 Å². The number of hydrogen-bond donors (Lipinski definition) is 1. The van der Waals surface area contributed by atoms with Crippen LogP contribution in [0.5, 0.6) is 0 Å². The van der Waals surface area contributed by atoms with E-state index in [-0.39, 0.29) is 5.69 Å². The lowest BCUT2D eigenvalue weighted by Gasteiger charge is -2.34. The van der Waals surface area contributed by atoms with E-state index < -0.39 is 5.97 Å². The third-order valence-electron chi connectivity index (χ3n) is 4.38. The maximum absolute atomic E-state index is 11.0. The van der Waals surface area contributed by atoms with Gasteiger partial charge in [0, 0.05) is 57.3 Å². The van der Waals surface area contributed by atoms with Gasteiger partial charge in [0.25, 0.3) is 0 Å². The van der Waals surface area contributed by atoms with E-state index in [2.05, 4.69) is 26.9 Å². The summed E-state index contributed by atoms with van der Waals surface area (Å²) in [5.74, 6) is -0.981. The number of ether oxygens (including phenoxy) is 1. The Hall–Kier alpha value is -1.80. The molecular weight excluding hydrogens is 338 g/mol. The topological polar surface area (TPSA) is 65.9 Å². The third kappa shape index (κ3) is 4.85. The first kappa shape index (κ1) is 18.0. The van der Waals surface area contributed by atoms with Crippen LogP contribution < -0.4 is 0 Å². The van der Waals surface area contributed by atoms with Crippen molar-refractivity contribution in [2.24, 2.45) is 0 Å². The molecule has 1 aliphatic heterocycles. The van der Waals surface area contributed by atoms with Crippen molar-refractivity contribution in [1.82, 2.24) is 14.8 Å². The predicted octanol–water partition coefficient (Wildman–Crippen LogP) is 2.27. The van der Waals surface area contributed by atoms with Crippen LogP contribution >= 0.6 is 11.3 Å². The number of carbonyl (C=O) groups is 1. The fraction of sp³-hybridized carbons (Fsp3) is 0.444. The maximum atomic E-state index is 11.0. The van der Waals surface area contributed by atoms with Gasteiger partial charge < -0.3 is 9.84 Å². The molecule has 2 heterocycles. The number of carboxylic acids is 1. The molecular formula is C18H23N3O3S. The molecule has 0 amide bonds. The minimum absolute atomic E-state index is 0.109. The summed E-state index contributed by atoms with van der Waals surface area (Å²) in [4.78, 5) is 20.1. The van der Waals surface area contributed by atoms with Gasteiger partial charge in [-0.25, -0.2) is 9.78 Å². The number of methoxy groups -OCH3 is 1. The largest absolute Gasteiger partial charge is 0.476 e. The van der Waals surface area contributed by atoms with Crippen LogP contribution in [0.25, 0.3) is 10.6 Å². The van der Waals surface area contributed by atoms with Crippen molar-refractivity contribution in [1.29, 1.82) is 0 Å². The number of rotatable bonds is 7. The van der Waals surface area contributed by atoms with Crippen molar-refractivity contribution in [3.05, 3.63) is 40.9 Å². The number of piperazine rings is 1. The van der Waals surface area contributed by atoms with Crippen LogP contribution in [0.3, 0.4) is 0 Å². The summed E-state index contributed by atoms with van der Waals surface area (Å²) in [7, 11) is 1.74. The number of carboxylic acid groups (broad SMARTS) is 1. The second-order valence-electron chi connectivity index (χ2n) is 6.15. The quantitative estimate of drug-likeness (QED) is 0.816. The zero-order valence-corrected chi connectivity index (χ0v) is 15.2. The Bertz CT molecular complexity index is 711. The maximum Gasteiger partial charge on any atom is 0.355 e. The molecule has 0 atom stereocenters. The first-order valence-corrected chi connectivity index (χ1v) is 9.25. The van der Waals surface area contributed by atoms with Crippen molar-refractivity contribution in [3.63, 3.8) is 0 Å². The molecule has 0 unspecified atom stereocenters. The van der Waals surface area contributed by atoms with Crippen LogP contribution in [0.4, 0.5) is 0 Å². The Kier molecular flexibility index (Phi) is 6.14. The highest BCUT2D eigenvalue weighted by Gasteiger charge is 2.17. The number of hydrogen-bond acceptors (Lipinski definition) is 6. The van der Waals surface area contributed by atoms with Crippen LogP contribution in [0.2, 0.25) is 0 Å². The summed E-state index contributed by atoms with van der Waals surface area (Å²) in [6.07, 6.45) is 0. The highest BCUT2D eigenvalue weighted by Crippen LogP contribution is 2.25. The Morgan fingerprint density at radius 1 is 1.28 bits per heavy atom. The van der Waals surface area contributed by atoms with Gasteiger partial charge in [-0.1, -0.05) is 18.2 Å². The lowest BCUT2D eigenvalue weighted by molar-refractivity contribution is 0.0691. The normalized spacial score (nSPS) is 16.2. The van der Waals surface area contributed by atoms with Crippen LogP contribution in [0, 0.1) is 0 Å². The monoisotopic (exact) mass is 361 g/mol. The zero-order valence-electron chi connectivity index (χ0n) is 14.4. The fourth-order valence-corrected chi connectivity index (χ4v) is 3.75. The number of nitrogens with zero attached hydrogens (tertiary/aromatic N) is 3. The van der Waals surface area contributed by atoms with Gasteiger partial charge in [-0.15, -0.1) is 11.3 Å². The molecule has 1 aliphatic rings. The Labute approximate surface area is 151 Å². The van der Waals surface area contributed by atoms with Crippen molar-refractivity contribution in [2.45, 2.75) is 6.54 Å². The number of thiazole rings is 1. The number of benzene rings is 1. The molecule has 1 saturated heterocycles. The van der Waals surface area contributed by atoms with Crippen LogP contribution in [0.15, 0.2) is 29.6 Å². The Morgan fingerprint density at radius 2 is 2.04 bits per heavy atom. The standard InChI is InChI=1S/C18H23N3O3S/c1-24-10-9-20-5-7-21(8-6-20)12-14-3-2-4-15(11-14)17-19-16(13-25-17)18(22)23/h2-4,11,13H,5-10,12H2,1H3,(H,22,23). The molecule has 2 aromatic rings. The molecule has 3 rings (SSSR count). The lowest BCUT2D eigenvalue weighted by Crippen LogP contribution is -2.46. The zero-order chi connectivity index (χ0) is 17.6. The van der Waals surface area contributed by atoms with Gasteiger partial charge >= 0.3 is 5.97 Å². The molecule has 0 spiro atoms. The number of aromatic carboxylic acids is 1. The van der Waals surface area contributed by atoms with E-state index in [1.165, 1.54) is 16.9 Å². The van der Waals surface area contributed by atoms with Gasteiger partial charge in [0.1, 0.15) is 5.01 Å². The summed E-state index contributed by atoms with van der Waals surface area (Å²) >= 11 is 1.37. The van der Waals surface area contributed by atoms with Crippen molar-refractivity contribution >= 4 is 17.3 Å². The Balaban J connectivity index is 1.59.